The second-order valence-corrected chi connectivity index (χ2v) is 4.67. The molecule has 0 aliphatic carbocycles. The summed E-state index contributed by atoms with van der Waals surface area (Å²) in [7, 11) is 0. The van der Waals surface area contributed by atoms with Crippen LogP contribution in [-0.4, -0.2) is 25.2 Å². The second-order valence-electron chi connectivity index (χ2n) is 4.67. The van der Waals surface area contributed by atoms with Gasteiger partial charge in [0, 0.05) is 6.04 Å². The first-order valence-electron chi connectivity index (χ1n) is 6.08. The molecule has 2 unspecified atom stereocenters. The highest BCUT2D eigenvalue weighted by atomic mass is 19.4. The SMILES string of the molecule is N#Cc1ccc(NC(=O)C2COCC2N)c(C(F)(F)F)c1. The summed E-state index contributed by atoms with van der Waals surface area (Å²) >= 11 is 0. The van der Waals surface area contributed by atoms with E-state index in [0.717, 1.165) is 6.07 Å². The van der Waals surface area contributed by atoms with E-state index >= 15 is 0 Å². The molecule has 8 heteroatoms. The molecule has 1 aromatic carbocycles. The zero-order chi connectivity index (χ0) is 15.6. The lowest BCUT2D eigenvalue weighted by Crippen LogP contribution is -2.37. The van der Waals surface area contributed by atoms with Crippen LogP contribution < -0.4 is 11.1 Å². The Morgan fingerprint density at radius 1 is 1.43 bits per heavy atom. The lowest BCUT2D eigenvalue weighted by Gasteiger charge is -2.17. The zero-order valence-electron chi connectivity index (χ0n) is 10.8. The van der Waals surface area contributed by atoms with Crippen molar-refractivity contribution in [2.45, 2.75) is 12.2 Å². The topological polar surface area (TPSA) is 88.1 Å². The number of hydrogen-bond donors (Lipinski definition) is 2. The lowest BCUT2D eigenvalue weighted by molar-refractivity contribution is -0.137. The largest absolute Gasteiger partial charge is 0.418 e. The van der Waals surface area contributed by atoms with Gasteiger partial charge in [0.25, 0.3) is 0 Å². The predicted molar refractivity (Wildman–Crippen MR) is 67.1 cm³/mol. The number of anilines is 1. The van der Waals surface area contributed by atoms with E-state index in [4.69, 9.17) is 15.7 Å². The maximum Gasteiger partial charge on any atom is 0.418 e. The standard InChI is InChI=1S/C13H12F3N3O2/c14-13(15,16)9-3-7(4-17)1-2-11(9)19-12(20)8-5-21-6-10(8)18/h1-3,8,10H,5-6,18H2,(H,19,20). The number of carbonyl (C=O) groups excluding carboxylic acids is 1. The van der Waals surface area contributed by atoms with Gasteiger partial charge in [-0.2, -0.15) is 18.4 Å². The molecule has 5 nitrogen and oxygen atoms in total. The van der Waals surface area contributed by atoms with Crippen molar-refractivity contribution in [3.05, 3.63) is 29.3 Å². The molecule has 1 saturated heterocycles. The number of alkyl halides is 3. The Bertz CT molecular complexity index is 595. The van der Waals surface area contributed by atoms with E-state index in [-0.39, 0.29) is 18.8 Å². The summed E-state index contributed by atoms with van der Waals surface area (Å²) in [5, 5.41) is 10.9. The van der Waals surface area contributed by atoms with E-state index in [1.54, 1.807) is 6.07 Å². The number of nitrogens with one attached hydrogen (secondary N) is 1. The van der Waals surface area contributed by atoms with Gasteiger partial charge in [-0.15, -0.1) is 0 Å². The Hall–Kier alpha value is -2.11. The van der Waals surface area contributed by atoms with Crippen molar-refractivity contribution in [1.82, 2.24) is 0 Å². The number of rotatable bonds is 2. The molecule has 1 fully saturated rings. The fraction of sp³-hybridized carbons (Fsp3) is 0.385. The highest BCUT2D eigenvalue weighted by Gasteiger charge is 2.36. The first-order chi connectivity index (χ1) is 9.82. The number of amides is 1. The van der Waals surface area contributed by atoms with Crippen molar-refractivity contribution >= 4 is 11.6 Å². The first-order valence-corrected chi connectivity index (χ1v) is 6.08. The molecule has 0 bridgehead atoms. The van der Waals surface area contributed by atoms with Crippen molar-refractivity contribution < 1.29 is 22.7 Å². The number of hydrogen-bond acceptors (Lipinski definition) is 4. The van der Waals surface area contributed by atoms with Crippen LogP contribution in [0.3, 0.4) is 0 Å². The molecule has 2 rings (SSSR count). The summed E-state index contributed by atoms with van der Waals surface area (Å²) < 4.78 is 43.9. The molecule has 0 spiro atoms. The van der Waals surface area contributed by atoms with Gasteiger partial charge >= 0.3 is 6.18 Å². The molecule has 2 atom stereocenters. The number of ether oxygens (including phenoxy) is 1. The maximum absolute atomic E-state index is 13.0. The van der Waals surface area contributed by atoms with Crippen LogP contribution in [0.4, 0.5) is 18.9 Å². The van der Waals surface area contributed by atoms with E-state index in [1.807, 2.05) is 0 Å². The van der Waals surface area contributed by atoms with Crippen LogP contribution in [0.15, 0.2) is 18.2 Å². The van der Waals surface area contributed by atoms with Crippen molar-refractivity contribution in [3.8, 4) is 6.07 Å². The number of benzene rings is 1. The van der Waals surface area contributed by atoms with Gasteiger partial charge in [0.2, 0.25) is 5.91 Å². The minimum absolute atomic E-state index is 0.0740. The summed E-state index contributed by atoms with van der Waals surface area (Å²) in [6.45, 7) is 0.266. The summed E-state index contributed by atoms with van der Waals surface area (Å²) in [6.07, 6.45) is -4.68. The van der Waals surface area contributed by atoms with Gasteiger partial charge in [-0.25, -0.2) is 0 Å². The van der Waals surface area contributed by atoms with Crippen molar-refractivity contribution in [2.75, 3.05) is 18.5 Å². The monoisotopic (exact) mass is 299 g/mol. The van der Waals surface area contributed by atoms with E-state index < -0.39 is 35.3 Å². The molecule has 112 valence electrons. The summed E-state index contributed by atoms with van der Waals surface area (Å²) in [5.74, 6) is -1.32. The van der Waals surface area contributed by atoms with Crippen LogP contribution in [0, 0.1) is 17.2 Å². The van der Waals surface area contributed by atoms with Crippen LogP contribution >= 0.6 is 0 Å². The van der Waals surface area contributed by atoms with Crippen molar-refractivity contribution in [2.24, 2.45) is 11.7 Å². The molecule has 1 aliphatic rings. The van der Waals surface area contributed by atoms with E-state index in [0.29, 0.717) is 6.07 Å². The number of carbonyl (C=O) groups is 1. The minimum Gasteiger partial charge on any atom is -0.379 e. The molecule has 0 radical (unpaired) electrons. The van der Waals surface area contributed by atoms with Crippen molar-refractivity contribution in [1.29, 1.82) is 5.26 Å². The van der Waals surface area contributed by atoms with Gasteiger partial charge < -0.3 is 15.8 Å². The third-order valence-corrected chi connectivity index (χ3v) is 3.17. The molecule has 1 aromatic rings. The Morgan fingerprint density at radius 2 is 2.14 bits per heavy atom. The van der Waals surface area contributed by atoms with E-state index in [9.17, 15) is 18.0 Å². The molecular weight excluding hydrogens is 287 g/mol. The van der Waals surface area contributed by atoms with E-state index in [1.165, 1.54) is 6.07 Å². The Kier molecular flexibility index (Phi) is 4.16. The van der Waals surface area contributed by atoms with Crippen LogP contribution in [0.5, 0.6) is 0 Å². The molecule has 1 aliphatic heterocycles. The number of nitrogens with zero attached hydrogens (tertiary/aromatic N) is 1. The highest BCUT2D eigenvalue weighted by Crippen LogP contribution is 2.35. The van der Waals surface area contributed by atoms with E-state index in [2.05, 4.69) is 5.32 Å². The van der Waals surface area contributed by atoms with Crippen LogP contribution in [0.25, 0.3) is 0 Å². The first kappa shape index (κ1) is 15.3. The van der Waals surface area contributed by atoms with Gasteiger partial charge in [-0.05, 0) is 18.2 Å². The molecule has 1 heterocycles. The third kappa shape index (κ3) is 3.32. The Morgan fingerprint density at radius 3 is 2.67 bits per heavy atom. The summed E-state index contributed by atoms with van der Waals surface area (Å²) in [6, 6.07) is 4.04. The molecule has 1 amide bonds. The van der Waals surface area contributed by atoms with Crippen LogP contribution in [-0.2, 0) is 15.7 Å². The molecular formula is C13H12F3N3O2. The van der Waals surface area contributed by atoms with Crippen LogP contribution in [0.2, 0.25) is 0 Å². The highest BCUT2D eigenvalue weighted by molar-refractivity contribution is 5.94. The average molecular weight is 299 g/mol. The Balaban J connectivity index is 2.27. The fourth-order valence-corrected chi connectivity index (χ4v) is 2.02. The zero-order valence-corrected chi connectivity index (χ0v) is 10.8. The lowest BCUT2D eigenvalue weighted by atomic mass is 10.0. The number of halogens is 3. The average Bonchev–Trinajstić information content (AvgIpc) is 2.84. The van der Waals surface area contributed by atoms with Gasteiger partial charge in [-0.1, -0.05) is 0 Å². The molecule has 0 saturated carbocycles. The molecule has 21 heavy (non-hydrogen) atoms. The van der Waals surface area contributed by atoms with Gasteiger partial charge in [0.1, 0.15) is 0 Å². The predicted octanol–water partition coefficient (Wildman–Crippen LogP) is 1.49. The van der Waals surface area contributed by atoms with Crippen LogP contribution in [0.1, 0.15) is 11.1 Å². The summed E-state index contributed by atoms with van der Waals surface area (Å²) in [4.78, 5) is 12.0. The van der Waals surface area contributed by atoms with Gasteiger partial charge in [-0.3, -0.25) is 4.79 Å². The molecule has 0 aromatic heterocycles. The van der Waals surface area contributed by atoms with Gasteiger partial charge in [0.05, 0.1) is 42.0 Å². The second kappa shape index (κ2) is 5.71. The number of nitriles is 1. The minimum atomic E-state index is -4.68. The number of nitrogens with two attached hydrogens (primary N) is 1. The molecule has 3 N–H and O–H groups in total. The Labute approximate surface area is 118 Å². The quantitative estimate of drug-likeness (QED) is 0.866. The maximum atomic E-state index is 13.0. The normalized spacial score (nSPS) is 21.9. The van der Waals surface area contributed by atoms with Crippen molar-refractivity contribution in [3.63, 3.8) is 0 Å². The summed E-state index contributed by atoms with van der Waals surface area (Å²) in [5.41, 5.74) is 4.05. The smallest absolute Gasteiger partial charge is 0.379 e. The fourth-order valence-electron chi connectivity index (χ4n) is 2.02. The third-order valence-electron chi connectivity index (χ3n) is 3.17. The van der Waals surface area contributed by atoms with Gasteiger partial charge in [0.15, 0.2) is 0 Å².